The molecule has 0 unspecified atom stereocenters. The van der Waals surface area contributed by atoms with Crippen LogP contribution in [0.4, 0.5) is 0 Å². The Morgan fingerprint density at radius 1 is 1.06 bits per heavy atom. The molecule has 0 fully saturated rings. The molecule has 16 heavy (non-hydrogen) atoms. The van der Waals surface area contributed by atoms with Crippen molar-refractivity contribution in [3.63, 3.8) is 0 Å². The summed E-state index contributed by atoms with van der Waals surface area (Å²) in [5, 5.41) is 15.6. The Kier molecular flexibility index (Phi) is 3.31. The highest BCUT2D eigenvalue weighted by molar-refractivity contribution is 7.92. The molecule has 0 aliphatic carbocycles. The van der Waals surface area contributed by atoms with Gasteiger partial charge in [-0.25, -0.2) is 8.42 Å². The minimum atomic E-state index is -3.87. The average molecular weight is 234 g/mol. The van der Waals surface area contributed by atoms with Crippen LogP contribution in [0, 0.1) is 36.5 Å². The van der Waals surface area contributed by atoms with Gasteiger partial charge in [-0.2, -0.15) is 10.5 Å². The lowest BCUT2D eigenvalue weighted by Crippen LogP contribution is -2.17. The maximum Gasteiger partial charge on any atom is 0.237 e. The number of sulfone groups is 1. The topological polar surface area (TPSA) is 81.7 Å². The Morgan fingerprint density at radius 2 is 1.50 bits per heavy atom. The first-order valence-electron chi connectivity index (χ1n) is 4.53. The van der Waals surface area contributed by atoms with Crippen LogP contribution in [0.15, 0.2) is 23.1 Å². The molecular formula is C11H10N2O2S. The molecular weight excluding hydrogens is 224 g/mol. The molecule has 1 rings (SSSR count). The minimum Gasteiger partial charge on any atom is -0.221 e. The van der Waals surface area contributed by atoms with Crippen LogP contribution in [-0.2, 0) is 9.84 Å². The zero-order valence-corrected chi connectivity index (χ0v) is 9.75. The summed E-state index contributed by atoms with van der Waals surface area (Å²) in [4.78, 5) is 0.0260. The molecule has 1 aromatic carbocycles. The van der Waals surface area contributed by atoms with Gasteiger partial charge in [-0.1, -0.05) is 6.07 Å². The van der Waals surface area contributed by atoms with E-state index in [1.165, 1.54) is 24.3 Å². The molecule has 0 atom stereocenters. The van der Waals surface area contributed by atoms with Gasteiger partial charge in [-0.3, -0.25) is 0 Å². The monoisotopic (exact) mass is 234 g/mol. The number of benzene rings is 1. The van der Waals surface area contributed by atoms with Gasteiger partial charge in [0.05, 0.1) is 17.0 Å². The molecule has 0 aliphatic rings. The Morgan fingerprint density at radius 3 is 1.88 bits per heavy atom. The van der Waals surface area contributed by atoms with Gasteiger partial charge in [-0.05, 0) is 37.1 Å². The zero-order chi connectivity index (χ0) is 12.3. The summed E-state index contributed by atoms with van der Waals surface area (Å²) in [6, 6.07) is 7.71. The highest BCUT2D eigenvalue weighted by Gasteiger charge is 2.27. The molecule has 5 heteroatoms. The van der Waals surface area contributed by atoms with E-state index >= 15 is 0 Å². The van der Waals surface area contributed by atoms with Crippen LogP contribution in [0.2, 0.25) is 0 Å². The lowest BCUT2D eigenvalue weighted by Gasteiger charge is -2.06. The number of nitrogens with zero attached hydrogens (tertiary/aromatic N) is 2. The third-order valence-corrected chi connectivity index (χ3v) is 3.79. The van der Waals surface area contributed by atoms with Crippen LogP contribution in [-0.4, -0.2) is 13.7 Å². The minimum absolute atomic E-state index is 0.0260. The second kappa shape index (κ2) is 4.34. The van der Waals surface area contributed by atoms with Crippen molar-refractivity contribution in [2.45, 2.75) is 24.0 Å². The molecule has 0 N–H and O–H groups in total. The van der Waals surface area contributed by atoms with Gasteiger partial charge in [0.15, 0.2) is 0 Å². The molecule has 0 spiro atoms. The van der Waals surface area contributed by atoms with Crippen LogP contribution in [0.25, 0.3) is 0 Å². The van der Waals surface area contributed by atoms with E-state index in [1.807, 2.05) is 6.07 Å². The van der Waals surface area contributed by atoms with Crippen molar-refractivity contribution in [2.75, 3.05) is 0 Å². The summed E-state index contributed by atoms with van der Waals surface area (Å²) < 4.78 is 23.7. The van der Waals surface area contributed by atoms with Gasteiger partial charge < -0.3 is 0 Å². The van der Waals surface area contributed by atoms with Crippen molar-refractivity contribution in [1.29, 1.82) is 10.5 Å². The molecule has 4 nitrogen and oxygen atoms in total. The van der Waals surface area contributed by atoms with Gasteiger partial charge in [-0.15, -0.1) is 0 Å². The smallest absolute Gasteiger partial charge is 0.221 e. The first kappa shape index (κ1) is 12.2. The average Bonchev–Trinajstić information content (AvgIpc) is 2.17. The highest BCUT2D eigenvalue weighted by Crippen LogP contribution is 2.18. The predicted octanol–water partition coefficient (Wildman–Crippen LogP) is 1.49. The fraction of sp³-hybridized carbons (Fsp3) is 0.273. The largest absolute Gasteiger partial charge is 0.237 e. The molecule has 0 radical (unpaired) electrons. The summed E-state index contributed by atoms with van der Waals surface area (Å²) in [7, 11) is -3.87. The summed E-state index contributed by atoms with van der Waals surface area (Å²) in [5.74, 6) is 0. The van der Waals surface area contributed by atoms with E-state index in [4.69, 9.17) is 10.5 Å². The van der Waals surface area contributed by atoms with Crippen molar-refractivity contribution in [3.8, 4) is 12.1 Å². The van der Waals surface area contributed by atoms with Crippen LogP contribution in [0.3, 0.4) is 0 Å². The van der Waals surface area contributed by atoms with Crippen molar-refractivity contribution in [2.24, 2.45) is 0 Å². The van der Waals surface area contributed by atoms with Gasteiger partial charge >= 0.3 is 0 Å². The molecule has 0 aromatic heterocycles. The summed E-state index contributed by atoms with van der Waals surface area (Å²) >= 11 is 0. The quantitative estimate of drug-likeness (QED) is 0.776. The fourth-order valence-electron chi connectivity index (χ4n) is 1.40. The molecule has 1 aromatic rings. The number of aryl methyl sites for hydroxylation is 2. The first-order chi connectivity index (χ1) is 7.41. The Balaban J connectivity index is 3.41. The summed E-state index contributed by atoms with van der Waals surface area (Å²) in [6.07, 6.45) is 0. The predicted molar refractivity (Wildman–Crippen MR) is 58.1 cm³/mol. The normalized spacial score (nSPS) is 10.8. The Bertz CT molecular complexity index is 557. The van der Waals surface area contributed by atoms with E-state index in [1.54, 1.807) is 13.8 Å². The van der Waals surface area contributed by atoms with Gasteiger partial charge in [0.1, 0.15) is 0 Å². The van der Waals surface area contributed by atoms with E-state index in [9.17, 15) is 8.42 Å². The van der Waals surface area contributed by atoms with E-state index in [2.05, 4.69) is 0 Å². The lowest BCUT2D eigenvalue weighted by atomic mass is 10.2. The maximum absolute atomic E-state index is 11.9. The standard InChI is InChI=1S/C11H10N2O2S/c1-8-3-9(2)5-10(4-8)16(14,15)11(6-12)7-13/h3-5,11H,1-2H3. The van der Waals surface area contributed by atoms with Gasteiger partial charge in [0.25, 0.3) is 0 Å². The number of nitriles is 2. The van der Waals surface area contributed by atoms with E-state index in [0.717, 1.165) is 11.1 Å². The second-order valence-corrected chi connectivity index (χ2v) is 5.54. The van der Waals surface area contributed by atoms with Crippen LogP contribution in [0.1, 0.15) is 11.1 Å². The third-order valence-electron chi connectivity index (χ3n) is 2.07. The molecule has 0 heterocycles. The molecule has 0 bridgehead atoms. The fourth-order valence-corrected chi connectivity index (χ4v) is 2.65. The molecule has 0 amide bonds. The van der Waals surface area contributed by atoms with Gasteiger partial charge in [0, 0.05) is 0 Å². The first-order valence-corrected chi connectivity index (χ1v) is 6.08. The van der Waals surface area contributed by atoms with Crippen LogP contribution in [0.5, 0.6) is 0 Å². The third kappa shape index (κ3) is 2.21. The second-order valence-electron chi connectivity index (χ2n) is 3.51. The van der Waals surface area contributed by atoms with Gasteiger partial charge in [0.2, 0.25) is 15.1 Å². The van der Waals surface area contributed by atoms with Crippen molar-refractivity contribution in [1.82, 2.24) is 0 Å². The SMILES string of the molecule is Cc1cc(C)cc(S(=O)(=O)C(C#N)C#N)c1. The molecule has 0 saturated heterocycles. The maximum atomic E-state index is 11.9. The Labute approximate surface area is 94.7 Å². The van der Waals surface area contributed by atoms with Crippen LogP contribution < -0.4 is 0 Å². The van der Waals surface area contributed by atoms with E-state index in [-0.39, 0.29) is 4.90 Å². The highest BCUT2D eigenvalue weighted by atomic mass is 32.2. The van der Waals surface area contributed by atoms with Crippen molar-refractivity contribution in [3.05, 3.63) is 29.3 Å². The summed E-state index contributed by atoms with van der Waals surface area (Å²) in [6.45, 7) is 3.53. The van der Waals surface area contributed by atoms with Crippen molar-refractivity contribution >= 4 is 9.84 Å². The molecule has 82 valence electrons. The Hall–Kier alpha value is -1.85. The lowest BCUT2D eigenvalue weighted by molar-refractivity contribution is 0.595. The zero-order valence-electron chi connectivity index (χ0n) is 8.93. The molecule has 0 saturated carbocycles. The van der Waals surface area contributed by atoms with Crippen molar-refractivity contribution < 1.29 is 8.42 Å². The summed E-state index contributed by atoms with van der Waals surface area (Å²) in [5.41, 5.74) is 1.57. The van der Waals surface area contributed by atoms with E-state index in [0.29, 0.717) is 0 Å². The number of hydrogen-bond donors (Lipinski definition) is 0. The number of hydrogen-bond acceptors (Lipinski definition) is 4. The van der Waals surface area contributed by atoms with Crippen LogP contribution >= 0.6 is 0 Å². The number of rotatable bonds is 2. The van der Waals surface area contributed by atoms with E-state index < -0.39 is 15.1 Å². The molecule has 0 aliphatic heterocycles.